The van der Waals surface area contributed by atoms with E-state index in [-0.39, 0.29) is 0 Å². The molecule has 2 rings (SSSR count). The summed E-state index contributed by atoms with van der Waals surface area (Å²) in [5.74, 6) is 0. The molecule has 0 aliphatic heterocycles. The van der Waals surface area contributed by atoms with Crippen LogP contribution in [0.2, 0.25) is 0 Å². The highest BCUT2D eigenvalue weighted by Gasteiger charge is 2.03. The van der Waals surface area contributed by atoms with Crippen LogP contribution in [0.4, 0.5) is 5.69 Å². The van der Waals surface area contributed by atoms with E-state index in [9.17, 15) is 0 Å². The lowest BCUT2D eigenvalue weighted by Crippen LogP contribution is -2.17. The molecule has 0 saturated carbocycles. The minimum atomic E-state index is 0.704. The van der Waals surface area contributed by atoms with Crippen LogP contribution in [0.1, 0.15) is 16.7 Å². The maximum atomic E-state index is 8.88. The van der Waals surface area contributed by atoms with Gasteiger partial charge in [0.15, 0.2) is 0 Å². The van der Waals surface area contributed by atoms with Crippen molar-refractivity contribution in [1.29, 1.82) is 5.26 Å². The van der Waals surface area contributed by atoms with Gasteiger partial charge in [0.05, 0.1) is 11.6 Å². The number of benzene rings is 2. The lowest BCUT2D eigenvalue weighted by atomic mass is 10.1. The van der Waals surface area contributed by atoms with Gasteiger partial charge >= 0.3 is 0 Å². The molecule has 0 fully saturated rings. The summed E-state index contributed by atoms with van der Waals surface area (Å²) in [7, 11) is 2.06. The molecule has 3 heteroatoms. The molecule has 2 N–H and O–H groups in total. The Labute approximate surface area is 113 Å². The summed E-state index contributed by atoms with van der Waals surface area (Å²) in [6, 6.07) is 17.8. The second-order valence-corrected chi connectivity index (χ2v) is 4.73. The average molecular weight is 251 g/mol. The largest absolute Gasteiger partial charge is 0.399 e. The molecule has 0 heterocycles. The molecule has 0 aliphatic carbocycles. The van der Waals surface area contributed by atoms with E-state index >= 15 is 0 Å². The molecular formula is C16H17N3. The molecule has 2 aromatic carbocycles. The molecule has 2 aromatic rings. The Kier molecular flexibility index (Phi) is 4.17. The lowest BCUT2D eigenvalue weighted by Gasteiger charge is -2.17. The van der Waals surface area contributed by atoms with Crippen molar-refractivity contribution in [1.82, 2.24) is 4.90 Å². The standard InChI is InChI=1S/C16H17N3/c1-19(12-15-6-3-7-16(18)9-15)11-14-5-2-4-13(8-14)10-17/h2-9H,11-12,18H2,1H3. The van der Waals surface area contributed by atoms with Gasteiger partial charge in [-0.3, -0.25) is 4.90 Å². The molecular weight excluding hydrogens is 234 g/mol. The molecule has 0 spiro atoms. The maximum Gasteiger partial charge on any atom is 0.0991 e. The molecule has 0 saturated heterocycles. The zero-order valence-corrected chi connectivity index (χ0v) is 11.0. The van der Waals surface area contributed by atoms with Crippen LogP contribution in [0.5, 0.6) is 0 Å². The average Bonchev–Trinajstić information content (AvgIpc) is 2.38. The highest BCUT2D eigenvalue weighted by Crippen LogP contribution is 2.12. The van der Waals surface area contributed by atoms with E-state index in [4.69, 9.17) is 11.0 Å². The number of rotatable bonds is 4. The van der Waals surface area contributed by atoms with Crippen LogP contribution in [0.25, 0.3) is 0 Å². The first-order valence-corrected chi connectivity index (χ1v) is 6.19. The van der Waals surface area contributed by atoms with Gasteiger partial charge in [0.1, 0.15) is 0 Å². The first-order chi connectivity index (χ1) is 9.17. The summed E-state index contributed by atoms with van der Waals surface area (Å²) >= 11 is 0. The predicted molar refractivity (Wildman–Crippen MR) is 77.2 cm³/mol. The molecule has 96 valence electrons. The van der Waals surface area contributed by atoms with Crippen molar-refractivity contribution in [2.45, 2.75) is 13.1 Å². The van der Waals surface area contributed by atoms with Crippen molar-refractivity contribution in [2.75, 3.05) is 12.8 Å². The summed E-state index contributed by atoms with van der Waals surface area (Å²) in [6.45, 7) is 1.64. The van der Waals surface area contributed by atoms with Gasteiger partial charge < -0.3 is 5.73 Å². The number of hydrogen-bond donors (Lipinski definition) is 1. The lowest BCUT2D eigenvalue weighted by molar-refractivity contribution is 0.319. The highest BCUT2D eigenvalue weighted by molar-refractivity contribution is 5.40. The molecule has 0 unspecified atom stereocenters. The number of hydrogen-bond acceptors (Lipinski definition) is 3. The van der Waals surface area contributed by atoms with Crippen molar-refractivity contribution in [2.24, 2.45) is 0 Å². The summed E-state index contributed by atoms with van der Waals surface area (Å²) in [5, 5.41) is 8.88. The second-order valence-electron chi connectivity index (χ2n) is 4.73. The number of anilines is 1. The molecule has 0 amide bonds. The minimum absolute atomic E-state index is 0.704. The number of nitrogens with zero attached hydrogens (tertiary/aromatic N) is 2. The van der Waals surface area contributed by atoms with E-state index in [0.717, 1.165) is 24.3 Å². The van der Waals surface area contributed by atoms with E-state index in [0.29, 0.717) is 5.56 Å². The first kappa shape index (κ1) is 13.1. The van der Waals surface area contributed by atoms with Gasteiger partial charge in [-0.15, -0.1) is 0 Å². The van der Waals surface area contributed by atoms with Gasteiger partial charge in [-0.05, 0) is 42.4 Å². The van der Waals surface area contributed by atoms with E-state index in [1.165, 1.54) is 5.56 Å². The summed E-state index contributed by atoms with van der Waals surface area (Å²) in [5.41, 5.74) is 9.60. The monoisotopic (exact) mass is 251 g/mol. The predicted octanol–water partition coefficient (Wildman–Crippen LogP) is 2.77. The van der Waals surface area contributed by atoms with E-state index in [2.05, 4.69) is 24.1 Å². The second kappa shape index (κ2) is 6.03. The highest BCUT2D eigenvalue weighted by atomic mass is 15.1. The Morgan fingerprint density at radius 3 is 2.32 bits per heavy atom. The molecule has 3 nitrogen and oxygen atoms in total. The molecule has 0 aromatic heterocycles. The smallest absolute Gasteiger partial charge is 0.0991 e. The van der Waals surface area contributed by atoms with E-state index in [1.807, 2.05) is 42.5 Å². The Hall–Kier alpha value is -2.31. The van der Waals surface area contributed by atoms with Crippen LogP contribution < -0.4 is 5.73 Å². The van der Waals surface area contributed by atoms with Crippen molar-refractivity contribution in [3.8, 4) is 6.07 Å². The number of nitriles is 1. The Balaban J connectivity index is 2.01. The number of nitrogen functional groups attached to an aromatic ring is 1. The van der Waals surface area contributed by atoms with Crippen molar-refractivity contribution in [3.05, 3.63) is 65.2 Å². The van der Waals surface area contributed by atoms with Gasteiger partial charge in [0.2, 0.25) is 0 Å². The zero-order valence-electron chi connectivity index (χ0n) is 11.0. The Morgan fingerprint density at radius 1 is 1.05 bits per heavy atom. The third-order valence-electron chi connectivity index (χ3n) is 2.91. The van der Waals surface area contributed by atoms with E-state index in [1.54, 1.807) is 0 Å². The molecule has 0 atom stereocenters. The van der Waals surface area contributed by atoms with Crippen LogP contribution in [-0.2, 0) is 13.1 Å². The molecule has 0 bridgehead atoms. The third-order valence-corrected chi connectivity index (χ3v) is 2.91. The normalized spacial score (nSPS) is 10.4. The van der Waals surface area contributed by atoms with Gasteiger partial charge in [0, 0.05) is 18.8 Å². The SMILES string of the molecule is CN(Cc1cccc(N)c1)Cc1cccc(C#N)c1. The molecule has 0 radical (unpaired) electrons. The van der Waals surface area contributed by atoms with E-state index < -0.39 is 0 Å². The van der Waals surface area contributed by atoms with Crippen molar-refractivity contribution >= 4 is 5.69 Å². The van der Waals surface area contributed by atoms with Gasteiger partial charge in [-0.2, -0.15) is 5.26 Å². The summed E-state index contributed by atoms with van der Waals surface area (Å²) in [6.07, 6.45) is 0. The first-order valence-electron chi connectivity index (χ1n) is 6.19. The Bertz CT molecular complexity index is 599. The fourth-order valence-corrected chi connectivity index (χ4v) is 2.11. The van der Waals surface area contributed by atoms with Crippen LogP contribution in [0.15, 0.2) is 48.5 Å². The van der Waals surface area contributed by atoms with Crippen molar-refractivity contribution in [3.63, 3.8) is 0 Å². The fraction of sp³-hybridized carbons (Fsp3) is 0.188. The third kappa shape index (κ3) is 3.84. The van der Waals surface area contributed by atoms with Gasteiger partial charge in [-0.1, -0.05) is 24.3 Å². The minimum Gasteiger partial charge on any atom is -0.399 e. The topological polar surface area (TPSA) is 53.0 Å². The molecule has 19 heavy (non-hydrogen) atoms. The zero-order chi connectivity index (χ0) is 13.7. The van der Waals surface area contributed by atoms with Crippen LogP contribution in [0.3, 0.4) is 0 Å². The molecule has 0 aliphatic rings. The van der Waals surface area contributed by atoms with Crippen molar-refractivity contribution < 1.29 is 0 Å². The maximum absolute atomic E-state index is 8.88. The summed E-state index contributed by atoms with van der Waals surface area (Å²) < 4.78 is 0. The number of nitrogens with two attached hydrogens (primary N) is 1. The van der Waals surface area contributed by atoms with Gasteiger partial charge in [-0.25, -0.2) is 0 Å². The summed E-state index contributed by atoms with van der Waals surface area (Å²) in [4.78, 5) is 2.20. The van der Waals surface area contributed by atoms with Crippen LogP contribution in [0, 0.1) is 11.3 Å². The van der Waals surface area contributed by atoms with Crippen LogP contribution >= 0.6 is 0 Å². The van der Waals surface area contributed by atoms with Crippen LogP contribution in [-0.4, -0.2) is 11.9 Å². The quantitative estimate of drug-likeness (QED) is 0.850. The van der Waals surface area contributed by atoms with Gasteiger partial charge in [0.25, 0.3) is 0 Å². The Morgan fingerprint density at radius 2 is 1.68 bits per heavy atom. The fourth-order valence-electron chi connectivity index (χ4n) is 2.11.